The van der Waals surface area contributed by atoms with Gasteiger partial charge in [-0.15, -0.1) is 6.58 Å². The molecule has 0 aliphatic carbocycles. The van der Waals surface area contributed by atoms with E-state index in [9.17, 15) is 9.90 Å². The largest absolute Gasteiger partial charge is 0.508 e. The van der Waals surface area contributed by atoms with E-state index in [1.807, 2.05) is 32.0 Å². The van der Waals surface area contributed by atoms with Crippen LogP contribution in [0.2, 0.25) is 0 Å². The van der Waals surface area contributed by atoms with Crippen LogP contribution in [0.4, 0.5) is 11.4 Å². The van der Waals surface area contributed by atoms with Crippen LogP contribution in [0.25, 0.3) is 0 Å². The van der Waals surface area contributed by atoms with Gasteiger partial charge in [0.25, 0.3) is 0 Å². The number of aryl methyl sites for hydroxylation is 2. The smallest absolute Gasteiger partial charge is 0.231 e. The summed E-state index contributed by atoms with van der Waals surface area (Å²) >= 11 is 0. The maximum absolute atomic E-state index is 12.9. The number of phenols is 1. The van der Waals surface area contributed by atoms with E-state index in [0.29, 0.717) is 25.1 Å². The molecular weight excluding hydrogens is 326 g/mol. The third-order valence-corrected chi connectivity index (χ3v) is 4.06. The summed E-state index contributed by atoms with van der Waals surface area (Å²) in [5, 5.41) is 9.87. The minimum Gasteiger partial charge on any atom is -0.508 e. The Labute approximate surface area is 155 Å². The second-order valence-corrected chi connectivity index (χ2v) is 6.33. The molecule has 0 radical (unpaired) electrons. The summed E-state index contributed by atoms with van der Waals surface area (Å²) in [6, 6.07) is 10.7. The standard InChI is InChI=1S/C22H27NO3/c1-5-7-11-21(25)23(18-9-8-10-19(24)15-18)22-16(3)13-20(14-17(22)4)26-12-6-2/h5,8-10,13-15,24H,1,6-7,11-12H2,2-4H3. The highest BCUT2D eigenvalue weighted by Gasteiger charge is 2.22. The van der Waals surface area contributed by atoms with Crippen molar-refractivity contribution >= 4 is 17.3 Å². The molecule has 1 amide bonds. The topological polar surface area (TPSA) is 49.8 Å². The second-order valence-electron chi connectivity index (χ2n) is 6.33. The van der Waals surface area contributed by atoms with E-state index in [-0.39, 0.29) is 11.7 Å². The summed E-state index contributed by atoms with van der Waals surface area (Å²) in [6.45, 7) is 10.4. The van der Waals surface area contributed by atoms with Gasteiger partial charge in [0, 0.05) is 12.5 Å². The fourth-order valence-electron chi connectivity index (χ4n) is 2.94. The van der Waals surface area contributed by atoms with Crippen LogP contribution < -0.4 is 9.64 Å². The first-order valence-corrected chi connectivity index (χ1v) is 8.94. The van der Waals surface area contributed by atoms with Crippen LogP contribution in [0.1, 0.15) is 37.3 Å². The van der Waals surface area contributed by atoms with Gasteiger partial charge in [-0.25, -0.2) is 0 Å². The summed E-state index contributed by atoms with van der Waals surface area (Å²) in [4.78, 5) is 14.6. The van der Waals surface area contributed by atoms with Gasteiger partial charge in [0.2, 0.25) is 5.91 Å². The predicted octanol–water partition coefficient (Wildman–Crippen LogP) is 5.43. The van der Waals surface area contributed by atoms with E-state index in [0.717, 1.165) is 29.0 Å². The van der Waals surface area contributed by atoms with Crippen LogP contribution in [0.15, 0.2) is 49.1 Å². The second kappa shape index (κ2) is 9.09. The number of amides is 1. The van der Waals surface area contributed by atoms with Crippen molar-refractivity contribution in [2.75, 3.05) is 11.5 Å². The lowest BCUT2D eigenvalue weighted by atomic mass is 10.0. The molecule has 4 heteroatoms. The first-order valence-electron chi connectivity index (χ1n) is 8.94. The number of benzene rings is 2. The molecule has 0 aliphatic rings. The van der Waals surface area contributed by atoms with Gasteiger partial charge in [0.1, 0.15) is 11.5 Å². The molecule has 4 nitrogen and oxygen atoms in total. The molecule has 0 fully saturated rings. The van der Waals surface area contributed by atoms with Gasteiger partial charge < -0.3 is 9.84 Å². The Morgan fingerprint density at radius 2 is 1.92 bits per heavy atom. The number of phenolic OH excluding ortho intramolecular Hbond substituents is 1. The molecule has 1 N–H and O–H groups in total. The highest BCUT2D eigenvalue weighted by atomic mass is 16.5. The average molecular weight is 353 g/mol. The third kappa shape index (κ3) is 4.66. The number of carbonyl (C=O) groups excluding carboxylic acids is 1. The van der Waals surface area contributed by atoms with Gasteiger partial charge in [-0.3, -0.25) is 9.69 Å². The zero-order chi connectivity index (χ0) is 19.1. The van der Waals surface area contributed by atoms with Crippen molar-refractivity contribution in [3.63, 3.8) is 0 Å². The predicted molar refractivity (Wildman–Crippen MR) is 106 cm³/mol. The quantitative estimate of drug-likeness (QED) is 0.644. The Morgan fingerprint density at radius 3 is 2.50 bits per heavy atom. The van der Waals surface area contributed by atoms with E-state index in [1.165, 1.54) is 0 Å². The van der Waals surface area contributed by atoms with Gasteiger partial charge in [-0.2, -0.15) is 0 Å². The summed E-state index contributed by atoms with van der Waals surface area (Å²) in [6.07, 6.45) is 3.63. The maximum atomic E-state index is 12.9. The minimum absolute atomic E-state index is 0.0380. The monoisotopic (exact) mass is 353 g/mol. The SMILES string of the molecule is C=CCCC(=O)N(c1cccc(O)c1)c1c(C)cc(OCCC)cc1C. The minimum atomic E-state index is -0.0380. The Bertz CT molecular complexity index is 760. The number of hydrogen-bond acceptors (Lipinski definition) is 3. The molecule has 0 saturated heterocycles. The first-order chi connectivity index (χ1) is 12.5. The molecule has 0 spiro atoms. The van der Waals surface area contributed by atoms with Crippen LogP contribution in [0.3, 0.4) is 0 Å². The van der Waals surface area contributed by atoms with Crippen molar-refractivity contribution in [3.05, 3.63) is 60.2 Å². The van der Waals surface area contributed by atoms with Crippen LogP contribution in [-0.2, 0) is 4.79 Å². The number of allylic oxidation sites excluding steroid dienone is 1. The lowest BCUT2D eigenvalue weighted by Crippen LogP contribution is -2.27. The fraction of sp³-hybridized carbons (Fsp3) is 0.318. The number of anilines is 2. The molecule has 0 unspecified atom stereocenters. The van der Waals surface area contributed by atoms with E-state index >= 15 is 0 Å². The molecule has 0 heterocycles. The molecule has 0 saturated carbocycles. The Hall–Kier alpha value is -2.75. The highest BCUT2D eigenvalue weighted by molar-refractivity contribution is 6.02. The van der Waals surface area contributed by atoms with Gasteiger partial charge in [0.15, 0.2) is 0 Å². The van der Waals surface area contributed by atoms with Crippen molar-refractivity contribution in [3.8, 4) is 11.5 Å². The maximum Gasteiger partial charge on any atom is 0.231 e. The van der Waals surface area contributed by atoms with E-state index in [2.05, 4.69) is 13.5 Å². The number of rotatable bonds is 8. The summed E-state index contributed by atoms with van der Waals surface area (Å²) in [7, 11) is 0. The van der Waals surface area contributed by atoms with Gasteiger partial charge in [-0.1, -0.05) is 19.1 Å². The molecular formula is C22H27NO3. The lowest BCUT2D eigenvalue weighted by molar-refractivity contribution is -0.117. The zero-order valence-electron chi connectivity index (χ0n) is 15.8. The summed E-state index contributed by atoms with van der Waals surface area (Å²) in [5.74, 6) is 0.895. The van der Waals surface area contributed by atoms with Crippen molar-refractivity contribution in [1.29, 1.82) is 0 Å². The molecule has 0 atom stereocenters. The van der Waals surface area contributed by atoms with Crippen LogP contribution in [-0.4, -0.2) is 17.6 Å². The Kier molecular flexibility index (Phi) is 6.84. The molecule has 138 valence electrons. The van der Waals surface area contributed by atoms with E-state index in [4.69, 9.17) is 4.74 Å². The molecule has 0 bridgehead atoms. The zero-order valence-corrected chi connectivity index (χ0v) is 15.8. The molecule has 26 heavy (non-hydrogen) atoms. The molecule has 0 aliphatic heterocycles. The number of carbonyl (C=O) groups is 1. The van der Waals surface area contributed by atoms with Crippen molar-refractivity contribution in [2.24, 2.45) is 0 Å². The molecule has 2 aromatic rings. The van der Waals surface area contributed by atoms with Crippen LogP contribution in [0.5, 0.6) is 11.5 Å². The summed E-state index contributed by atoms with van der Waals surface area (Å²) < 4.78 is 5.75. The van der Waals surface area contributed by atoms with Crippen molar-refractivity contribution in [2.45, 2.75) is 40.0 Å². The third-order valence-electron chi connectivity index (χ3n) is 4.06. The van der Waals surface area contributed by atoms with Gasteiger partial charge in [0.05, 0.1) is 18.0 Å². The average Bonchev–Trinajstić information content (AvgIpc) is 2.60. The summed E-state index contributed by atoms with van der Waals surface area (Å²) in [5.41, 5.74) is 3.37. The van der Waals surface area contributed by atoms with Crippen molar-refractivity contribution < 1.29 is 14.6 Å². The molecule has 0 aromatic heterocycles. The van der Waals surface area contributed by atoms with E-state index in [1.54, 1.807) is 29.2 Å². The Morgan fingerprint density at radius 1 is 1.23 bits per heavy atom. The normalized spacial score (nSPS) is 10.4. The van der Waals surface area contributed by atoms with Crippen LogP contribution in [0, 0.1) is 13.8 Å². The van der Waals surface area contributed by atoms with Gasteiger partial charge in [-0.05, 0) is 62.1 Å². The van der Waals surface area contributed by atoms with Crippen LogP contribution >= 0.6 is 0 Å². The number of ether oxygens (including phenoxy) is 1. The number of hydrogen-bond donors (Lipinski definition) is 1. The fourth-order valence-corrected chi connectivity index (χ4v) is 2.94. The molecule has 2 aromatic carbocycles. The number of aromatic hydroxyl groups is 1. The van der Waals surface area contributed by atoms with Gasteiger partial charge >= 0.3 is 0 Å². The number of nitrogens with zero attached hydrogens (tertiary/aromatic N) is 1. The Balaban J connectivity index is 2.51. The highest BCUT2D eigenvalue weighted by Crippen LogP contribution is 2.36. The van der Waals surface area contributed by atoms with E-state index < -0.39 is 0 Å². The first kappa shape index (κ1) is 19.6. The van der Waals surface area contributed by atoms with Crippen molar-refractivity contribution in [1.82, 2.24) is 0 Å². The lowest BCUT2D eigenvalue weighted by Gasteiger charge is -2.27. The molecule has 2 rings (SSSR count).